The Morgan fingerprint density at radius 3 is 2.55 bits per heavy atom. The molecule has 2 aromatic rings. The fraction of sp³-hybridized carbons (Fsp3) is 0.125. The number of para-hydroxylation sites is 2. The van der Waals surface area contributed by atoms with E-state index >= 15 is 0 Å². The van der Waals surface area contributed by atoms with E-state index in [9.17, 15) is 0 Å². The highest BCUT2D eigenvalue weighted by Gasteiger charge is 2.29. The molecule has 100 valence electrons. The molecular formula is C16H12O4. The van der Waals surface area contributed by atoms with Crippen molar-refractivity contribution in [2.75, 3.05) is 0 Å². The summed E-state index contributed by atoms with van der Waals surface area (Å²) in [6.07, 6.45) is 2.30. The summed E-state index contributed by atoms with van der Waals surface area (Å²) in [4.78, 5) is 21.3. The van der Waals surface area contributed by atoms with Crippen LogP contribution in [0.4, 0.5) is 0 Å². The van der Waals surface area contributed by atoms with E-state index in [0.29, 0.717) is 17.9 Å². The Kier molecular flexibility index (Phi) is 2.60. The van der Waals surface area contributed by atoms with Gasteiger partial charge in [-0.15, -0.1) is 0 Å². The summed E-state index contributed by atoms with van der Waals surface area (Å²) in [6.45, 7) is 0. The highest BCUT2D eigenvalue weighted by molar-refractivity contribution is 5.60. The van der Waals surface area contributed by atoms with Crippen molar-refractivity contribution in [2.24, 2.45) is 0 Å². The molecule has 0 fully saturated rings. The smallest absolute Gasteiger partial charge is 0.189 e. The molecule has 0 aromatic heterocycles. The van der Waals surface area contributed by atoms with Crippen LogP contribution in [0, 0.1) is 0 Å². The maximum absolute atomic E-state index is 5.39. The molecule has 2 aliphatic rings. The van der Waals surface area contributed by atoms with Crippen LogP contribution in [-0.2, 0) is 16.2 Å². The highest BCUT2D eigenvalue weighted by atomic mass is 17.2. The Hall–Kier alpha value is -2.46. The lowest BCUT2D eigenvalue weighted by atomic mass is 10.0. The SMILES string of the molecule is C1=C(C2Cc3ccccc3OO2)OOc2ccccc21. The van der Waals surface area contributed by atoms with Crippen LogP contribution in [0.3, 0.4) is 0 Å². The third kappa shape index (κ3) is 1.90. The molecule has 2 aromatic carbocycles. The Morgan fingerprint density at radius 2 is 1.60 bits per heavy atom. The van der Waals surface area contributed by atoms with Crippen LogP contribution in [0.5, 0.6) is 11.5 Å². The molecule has 4 heteroatoms. The van der Waals surface area contributed by atoms with Gasteiger partial charge in [-0.1, -0.05) is 36.4 Å². The van der Waals surface area contributed by atoms with Gasteiger partial charge in [0.25, 0.3) is 0 Å². The zero-order valence-electron chi connectivity index (χ0n) is 10.6. The second kappa shape index (κ2) is 4.58. The van der Waals surface area contributed by atoms with Gasteiger partial charge in [0.15, 0.2) is 23.4 Å². The number of rotatable bonds is 1. The molecule has 2 heterocycles. The molecule has 20 heavy (non-hydrogen) atoms. The van der Waals surface area contributed by atoms with E-state index in [-0.39, 0.29) is 6.10 Å². The van der Waals surface area contributed by atoms with Gasteiger partial charge in [-0.3, -0.25) is 9.78 Å². The summed E-state index contributed by atoms with van der Waals surface area (Å²) in [5, 5.41) is 0. The maximum Gasteiger partial charge on any atom is 0.189 e. The Labute approximate surface area is 116 Å². The summed E-state index contributed by atoms with van der Waals surface area (Å²) < 4.78 is 0. The number of benzene rings is 2. The van der Waals surface area contributed by atoms with Crippen molar-refractivity contribution < 1.29 is 19.6 Å². The van der Waals surface area contributed by atoms with Crippen molar-refractivity contribution in [1.82, 2.24) is 0 Å². The van der Waals surface area contributed by atoms with Gasteiger partial charge in [0.05, 0.1) is 0 Å². The molecule has 0 spiro atoms. The summed E-state index contributed by atoms with van der Waals surface area (Å²) in [6, 6.07) is 15.5. The quantitative estimate of drug-likeness (QED) is 0.744. The molecule has 0 aliphatic carbocycles. The van der Waals surface area contributed by atoms with Gasteiger partial charge < -0.3 is 4.89 Å². The van der Waals surface area contributed by atoms with Gasteiger partial charge in [-0.25, -0.2) is 0 Å². The Morgan fingerprint density at radius 1 is 0.800 bits per heavy atom. The maximum atomic E-state index is 5.39. The lowest BCUT2D eigenvalue weighted by Crippen LogP contribution is -2.28. The second-order valence-electron chi connectivity index (χ2n) is 4.73. The average Bonchev–Trinajstić information content (AvgIpc) is 2.54. The minimum Gasteiger partial charge on any atom is -0.337 e. The van der Waals surface area contributed by atoms with Crippen molar-refractivity contribution in [3.05, 3.63) is 65.4 Å². The van der Waals surface area contributed by atoms with E-state index in [0.717, 1.165) is 16.9 Å². The monoisotopic (exact) mass is 268 g/mol. The number of hydrogen-bond donors (Lipinski definition) is 0. The summed E-state index contributed by atoms with van der Waals surface area (Å²) in [7, 11) is 0. The molecular weight excluding hydrogens is 256 g/mol. The molecule has 0 amide bonds. The van der Waals surface area contributed by atoms with Crippen LogP contribution in [0.25, 0.3) is 6.08 Å². The van der Waals surface area contributed by atoms with E-state index in [4.69, 9.17) is 19.6 Å². The van der Waals surface area contributed by atoms with Crippen molar-refractivity contribution >= 4 is 6.08 Å². The van der Waals surface area contributed by atoms with Gasteiger partial charge >= 0.3 is 0 Å². The molecule has 0 saturated heterocycles. The predicted octanol–water partition coefficient (Wildman–Crippen LogP) is 3.29. The standard InChI is InChI=1S/C16H12O4/c1-3-7-13-11(5-1)9-15(19-17-13)16-10-12-6-2-4-8-14(12)18-20-16/h1-9,16H,10H2. The van der Waals surface area contributed by atoms with Crippen LogP contribution in [0.2, 0.25) is 0 Å². The fourth-order valence-corrected chi connectivity index (χ4v) is 2.34. The molecule has 0 saturated carbocycles. The van der Waals surface area contributed by atoms with E-state index < -0.39 is 0 Å². The first-order valence-electron chi connectivity index (χ1n) is 6.46. The summed E-state index contributed by atoms with van der Waals surface area (Å²) >= 11 is 0. The molecule has 1 atom stereocenters. The van der Waals surface area contributed by atoms with Gasteiger partial charge in [0.2, 0.25) is 0 Å². The number of hydrogen-bond acceptors (Lipinski definition) is 4. The van der Waals surface area contributed by atoms with Gasteiger partial charge in [0, 0.05) is 17.5 Å². The minimum atomic E-state index is -0.307. The topological polar surface area (TPSA) is 36.9 Å². The van der Waals surface area contributed by atoms with E-state index in [1.165, 1.54) is 0 Å². The molecule has 4 nitrogen and oxygen atoms in total. The third-order valence-electron chi connectivity index (χ3n) is 3.39. The summed E-state index contributed by atoms with van der Waals surface area (Å²) in [5.41, 5.74) is 2.06. The van der Waals surface area contributed by atoms with Crippen molar-refractivity contribution in [3.8, 4) is 11.5 Å². The lowest BCUT2D eigenvalue weighted by molar-refractivity contribution is -0.274. The Bertz CT molecular complexity index is 678. The van der Waals surface area contributed by atoms with Crippen LogP contribution >= 0.6 is 0 Å². The molecule has 2 aliphatic heterocycles. The lowest BCUT2D eigenvalue weighted by Gasteiger charge is -2.26. The molecule has 4 rings (SSSR count). The van der Waals surface area contributed by atoms with Gasteiger partial charge in [-0.2, -0.15) is 4.89 Å². The first kappa shape index (κ1) is 11.4. The minimum absolute atomic E-state index is 0.307. The van der Waals surface area contributed by atoms with Crippen LogP contribution in [0.1, 0.15) is 11.1 Å². The second-order valence-corrected chi connectivity index (χ2v) is 4.73. The van der Waals surface area contributed by atoms with Crippen molar-refractivity contribution in [3.63, 3.8) is 0 Å². The van der Waals surface area contributed by atoms with Crippen LogP contribution in [0.15, 0.2) is 54.3 Å². The predicted molar refractivity (Wildman–Crippen MR) is 71.8 cm³/mol. The van der Waals surface area contributed by atoms with Gasteiger partial charge in [-0.05, 0) is 18.2 Å². The van der Waals surface area contributed by atoms with Crippen LogP contribution < -0.4 is 9.78 Å². The van der Waals surface area contributed by atoms with Gasteiger partial charge in [0.1, 0.15) is 0 Å². The molecule has 0 N–H and O–H groups in total. The average molecular weight is 268 g/mol. The summed E-state index contributed by atoms with van der Waals surface area (Å²) in [5.74, 6) is 2.06. The first-order valence-corrected chi connectivity index (χ1v) is 6.46. The largest absolute Gasteiger partial charge is 0.337 e. The Balaban J connectivity index is 1.63. The molecule has 0 bridgehead atoms. The van der Waals surface area contributed by atoms with E-state index in [1.807, 2.05) is 54.6 Å². The third-order valence-corrected chi connectivity index (χ3v) is 3.39. The highest BCUT2D eigenvalue weighted by Crippen LogP contribution is 2.33. The normalized spacial score (nSPS) is 19.6. The first-order chi connectivity index (χ1) is 9.90. The van der Waals surface area contributed by atoms with E-state index in [1.54, 1.807) is 0 Å². The zero-order valence-corrected chi connectivity index (χ0v) is 10.6. The number of fused-ring (bicyclic) bond motifs is 2. The van der Waals surface area contributed by atoms with Crippen molar-refractivity contribution in [2.45, 2.75) is 12.5 Å². The molecule has 0 radical (unpaired) electrons. The molecule has 1 unspecified atom stereocenters. The van der Waals surface area contributed by atoms with E-state index in [2.05, 4.69) is 0 Å². The zero-order chi connectivity index (χ0) is 13.4. The van der Waals surface area contributed by atoms with Crippen LogP contribution in [-0.4, -0.2) is 6.10 Å². The fourth-order valence-electron chi connectivity index (χ4n) is 2.34. The van der Waals surface area contributed by atoms with Crippen molar-refractivity contribution in [1.29, 1.82) is 0 Å².